The number of aromatic nitrogens is 2. The van der Waals surface area contributed by atoms with E-state index < -0.39 is 0 Å². The van der Waals surface area contributed by atoms with Crippen LogP contribution in [0.1, 0.15) is 19.8 Å². The van der Waals surface area contributed by atoms with Gasteiger partial charge in [-0.3, -0.25) is 9.59 Å². The second kappa shape index (κ2) is 7.42. The van der Waals surface area contributed by atoms with Crippen LogP contribution in [0.25, 0.3) is 11.0 Å². The Morgan fingerprint density at radius 1 is 1.19 bits per heavy atom. The third kappa shape index (κ3) is 4.59. The molecule has 0 saturated heterocycles. The van der Waals surface area contributed by atoms with E-state index in [2.05, 4.69) is 9.72 Å². The van der Waals surface area contributed by atoms with Crippen LogP contribution in [0.2, 0.25) is 0 Å². The molecular weight excluding hydrogens is 272 g/mol. The molecule has 0 aliphatic carbocycles. The van der Waals surface area contributed by atoms with E-state index in [0.29, 0.717) is 19.4 Å². The van der Waals surface area contributed by atoms with E-state index in [1.165, 1.54) is 6.92 Å². The van der Waals surface area contributed by atoms with Gasteiger partial charge < -0.3 is 14.0 Å². The van der Waals surface area contributed by atoms with Gasteiger partial charge in [-0.2, -0.15) is 0 Å². The van der Waals surface area contributed by atoms with Crippen molar-refractivity contribution in [2.75, 3.05) is 13.2 Å². The highest BCUT2D eigenvalue weighted by atomic mass is 16.6. The van der Waals surface area contributed by atoms with Crippen molar-refractivity contribution in [2.24, 2.45) is 0 Å². The number of ether oxygens (including phenoxy) is 2. The molecular formula is C15H18N2O4. The standard InChI is InChI=1S/C15H18N2O4/c1-12(18)20-9-10-21-15(19)7-4-8-17-11-16-13-5-2-3-6-14(13)17/h2-3,5-6,11H,4,7-10H2,1H3. The van der Waals surface area contributed by atoms with E-state index in [9.17, 15) is 9.59 Å². The number of benzene rings is 1. The fourth-order valence-electron chi connectivity index (χ4n) is 2.00. The highest BCUT2D eigenvalue weighted by molar-refractivity contribution is 5.75. The Bertz CT molecular complexity index is 621. The molecule has 112 valence electrons. The summed E-state index contributed by atoms with van der Waals surface area (Å²) in [6.07, 6.45) is 2.77. The van der Waals surface area contributed by atoms with E-state index in [4.69, 9.17) is 4.74 Å². The molecule has 0 unspecified atom stereocenters. The Kier molecular flexibility index (Phi) is 5.31. The van der Waals surface area contributed by atoms with Gasteiger partial charge in [0.25, 0.3) is 0 Å². The van der Waals surface area contributed by atoms with Crippen molar-refractivity contribution in [1.29, 1.82) is 0 Å². The molecule has 0 N–H and O–H groups in total. The third-order valence-corrected chi connectivity index (χ3v) is 2.96. The zero-order valence-electron chi connectivity index (χ0n) is 11.9. The molecule has 0 fully saturated rings. The smallest absolute Gasteiger partial charge is 0.305 e. The van der Waals surface area contributed by atoms with Gasteiger partial charge in [-0.05, 0) is 18.6 Å². The first kappa shape index (κ1) is 15.0. The van der Waals surface area contributed by atoms with Gasteiger partial charge in [-0.1, -0.05) is 12.1 Å². The summed E-state index contributed by atoms with van der Waals surface area (Å²) in [6.45, 7) is 2.23. The number of fused-ring (bicyclic) bond motifs is 1. The molecule has 0 saturated carbocycles. The summed E-state index contributed by atoms with van der Waals surface area (Å²) in [5.74, 6) is -0.662. The number of rotatable bonds is 7. The second-order valence-electron chi connectivity index (χ2n) is 4.59. The minimum absolute atomic E-state index is 0.104. The number of carbonyl (C=O) groups excluding carboxylic acids is 2. The van der Waals surface area contributed by atoms with Crippen LogP contribution in [-0.2, 0) is 25.6 Å². The molecule has 0 amide bonds. The van der Waals surface area contributed by atoms with Gasteiger partial charge in [0, 0.05) is 19.9 Å². The zero-order chi connectivity index (χ0) is 15.1. The maximum atomic E-state index is 11.5. The van der Waals surface area contributed by atoms with Crippen LogP contribution in [0.5, 0.6) is 0 Å². The lowest BCUT2D eigenvalue weighted by atomic mass is 10.3. The van der Waals surface area contributed by atoms with Crippen molar-refractivity contribution in [1.82, 2.24) is 9.55 Å². The van der Waals surface area contributed by atoms with E-state index in [1.807, 2.05) is 28.8 Å². The summed E-state index contributed by atoms with van der Waals surface area (Å²) in [4.78, 5) is 26.3. The summed E-state index contributed by atoms with van der Waals surface area (Å²) in [7, 11) is 0. The highest BCUT2D eigenvalue weighted by Crippen LogP contribution is 2.12. The van der Waals surface area contributed by atoms with Gasteiger partial charge in [0.15, 0.2) is 0 Å². The molecule has 1 aromatic heterocycles. The quantitative estimate of drug-likeness (QED) is 0.575. The molecule has 6 heteroatoms. The van der Waals surface area contributed by atoms with E-state index in [-0.39, 0.29) is 25.2 Å². The predicted octanol–water partition coefficient (Wildman–Crippen LogP) is 1.92. The van der Waals surface area contributed by atoms with Crippen LogP contribution in [0.4, 0.5) is 0 Å². The molecule has 1 heterocycles. The Morgan fingerprint density at radius 3 is 2.76 bits per heavy atom. The maximum absolute atomic E-state index is 11.5. The van der Waals surface area contributed by atoms with Crippen molar-refractivity contribution in [3.05, 3.63) is 30.6 Å². The van der Waals surface area contributed by atoms with Crippen LogP contribution in [0.3, 0.4) is 0 Å². The SMILES string of the molecule is CC(=O)OCCOC(=O)CCCn1cnc2ccccc21. The lowest BCUT2D eigenvalue weighted by molar-refractivity contribution is -0.151. The first-order chi connectivity index (χ1) is 10.2. The summed E-state index contributed by atoms with van der Waals surface area (Å²) in [5.41, 5.74) is 2.00. The number of esters is 2. The average Bonchev–Trinajstić information content (AvgIpc) is 2.87. The minimum Gasteiger partial charge on any atom is -0.462 e. The molecule has 0 atom stereocenters. The molecule has 6 nitrogen and oxygen atoms in total. The number of imidazole rings is 1. The topological polar surface area (TPSA) is 70.4 Å². The third-order valence-electron chi connectivity index (χ3n) is 2.96. The normalized spacial score (nSPS) is 10.5. The minimum atomic E-state index is -0.377. The van der Waals surface area contributed by atoms with Gasteiger partial charge in [0.05, 0.1) is 17.4 Å². The average molecular weight is 290 g/mol. The van der Waals surface area contributed by atoms with Gasteiger partial charge in [0.1, 0.15) is 13.2 Å². The van der Waals surface area contributed by atoms with Gasteiger partial charge in [-0.15, -0.1) is 0 Å². The molecule has 1 aromatic carbocycles. The van der Waals surface area contributed by atoms with Gasteiger partial charge in [-0.25, -0.2) is 4.98 Å². The summed E-state index contributed by atoms with van der Waals surface area (Å²) in [6, 6.07) is 7.86. The first-order valence-electron chi connectivity index (χ1n) is 6.85. The molecule has 2 rings (SSSR count). The number of hydrogen-bond donors (Lipinski definition) is 0. The monoisotopic (exact) mass is 290 g/mol. The molecule has 0 spiro atoms. The maximum Gasteiger partial charge on any atom is 0.305 e. The molecule has 0 bridgehead atoms. The van der Waals surface area contributed by atoms with Crippen LogP contribution < -0.4 is 0 Å². The Labute approximate surface area is 122 Å². The number of nitrogens with zero attached hydrogens (tertiary/aromatic N) is 2. The first-order valence-corrected chi connectivity index (χ1v) is 6.85. The lowest BCUT2D eigenvalue weighted by Crippen LogP contribution is -2.12. The van der Waals surface area contributed by atoms with Crippen molar-refractivity contribution in [3.63, 3.8) is 0 Å². The fraction of sp³-hybridized carbons (Fsp3) is 0.400. The van der Waals surface area contributed by atoms with Gasteiger partial charge in [0.2, 0.25) is 0 Å². The van der Waals surface area contributed by atoms with Crippen molar-refractivity contribution in [3.8, 4) is 0 Å². The van der Waals surface area contributed by atoms with E-state index in [0.717, 1.165) is 11.0 Å². The molecule has 2 aromatic rings. The van der Waals surface area contributed by atoms with Gasteiger partial charge >= 0.3 is 11.9 Å². The second-order valence-corrected chi connectivity index (χ2v) is 4.59. The van der Waals surface area contributed by atoms with Crippen molar-refractivity contribution < 1.29 is 19.1 Å². The predicted molar refractivity (Wildman–Crippen MR) is 76.6 cm³/mol. The largest absolute Gasteiger partial charge is 0.462 e. The number of aryl methyl sites for hydroxylation is 1. The molecule has 21 heavy (non-hydrogen) atoms. The Morgan fingerprint density at radius 2 is 1.95 bits per heavy atom. The molecule has 0 radical (unpaired) electrons. The highest BCUT2D eigenvalue weighted by Gasteiger charge is 2.05. The van der Waals surface area contributed by atoms with E-state index in [1.54, 1.807) is 6.33 Å². The summed E-state index contributed by atoms with van der Waals surface area (Å²) in [5, 5.41) is 0. The van der Waals surface area contributed by atoms with E-state index >= 15 is 0 Å². The molecule has 0 aliphatic rings. The lowest BCUT2D eigenvalue weighted by Gasteiger charge is -2.06. The summed E-state index contributed by atoms with van der Waals surface area (Å²) >= 11 is 0. The van der Waals surface area contributed by atoms with Crippen molar-refractivity contribution in [2.45, 2.75) is 26.3 Å². The Balaban J connectivity index is 1.69. The Hall–Kier alpha value is -2.37. The van der Waals surface area contributed by atoms with Crippen LogP contribution >= 0.6 is 0 Å². The van der Waals surface area contributed by atoms with Crippen LogP contribution in [0, 0.1) is 0 Å². The molecule has 0 aliphatic heterocycles. The zero-order valence-corrected chi connectivity index (χ0v) is 11.9. The summed E-state index contributed by atoms with van der Waals surface area (Å²) < 4.78 is 11.6. The van der Waals surface area contributed by atoms with Crippen molar-refractivity contribution >= 4 is 23.0 Å². The van der Waals surface area contributed by atoms with Crippen LogP contribution in [-0.4, -0.2) is 34.7 Å². The van der Waals surface area contributed by atoms with Crippen LogP contribution in [0.15, 0.2) is 30.6 Å². The number of para-hydroxylation sites is 2. The number of hydrogen-bond acceptors (Lipinski definition) is 5. The fourth-order valence-corrected chi connectivity index (χ4v) is 2.00. The number of carbonyl (C=O) groups is 2.